The monoisotopic (exact) mass is 490 g/mol. The quantitative estimate of drug-likeness (QED) is 0.321. The molecule has 0 aliphatic carbocycles. The second kappa shape index (κ2) is 10.4. The van der Waals surface area contributed by atoms with Crippen molar-refractivity contribution in [3.8, 4) is 17.0 Å². The molecule has 0 radical (unpaired) electrons. The number of rotatable bonds is 8. The molecule has 1 amide bonds. The Kier molecular flexibility index (Phi) is 7.07. The van der Waals surface area contributed by atoms with Gasteiger partial charge in [0.15, 0.2) is 4.96 Å². The van der Waals surface area contributed by atoms with Crippen LogP contribution in [0.25, 0.3) is 26.4 Å². The van der Waals surface area contributed by atoms with Gasteiger partial charge in [-0.15, -0.1) is 0 Å². The number of amides is 1. The molecule has 1 aliphatic rings. The fraction of sp³-hybridized carbons (Fsp3) is 0.429. The lowest BCUT2D eigenvalue weighted by atomic mass is 9.92. The third-order valence-corrected chi connectivity index (χ3v) is 7.72. The molecule has 2 unspecified atom stereocenters. The summed E-state index contributed by atoms with van der Waals surface area (Å²) in [5.41, 5.74) is 3.76. The number of ether oxygens (including phenoxy) is 1. The first kappa shape index (κ1) is 23.8. The lowest BCUT2D eigenvalue weighted by Crippen LogP contribution is -2.40. The summed E-state index contributed by atoms with van der Waals surface area (Å²) in [6, 6.07) is 13.9. The van der Waals surface area contributed by atoms with Crippen LogP contribution in [0.4, 0.5) is 0 Å². The molecule has 3 heterocycles. The van der Waals surface area contributed by atoms with Crippen LogP contribution in [0.1, 0.15) is 44.0 Å². The third-order valence-electron chi connectivity index (χ3n) is 6.70. The molecule has 2 aromatic heterocycles. The molecule has 1 fully saturated rings. The Morgan fingerprint density at radius 3 is 2.66 bits per heavy atom. The molecule has 184 valence electrons. The van der Waals surface area contributed by atoms with E-state index in [2.05, 4.69) is 34.7 Å². The SMILES string of the molecule is CCOc1ccc(-c2cn3c(n2)sc2cc(C(=O)NCCCN4CC(C)CC(C)C4)ccc23)cc1. The molecular formula is C28H34N4O2S. The van der Waals surface area contributed by atoms with Crippen LogP contribution in [0.5, 0.6) is 5.75 Å². The van der Waals surface area contributed by atoms with Gasteiger partial charge in [0.1, 0.15) is 5.75 Å². The van der Waals surface area contributed by atoms with Gasteiger partial charge in [0.05, 0.1) is 22.5 Å². The average molecular weight is 491 g/mol. The Morgan fingerprint density at radius 2 is 1.91 bits per heavy atom. The fourth-order valence-electron chi connectivity index (χ4n) is 5.25. The highest BCUT2D eigenvalue weighted by Gasteiger charge is 2.21. The summed E-state index contributed by atoms with van der Waals surface area (Å²) in [5, 5.41) is 3.10. The summed E-state index contributed by atoms with van der Waals surface area (Å²) >= 11 is 1.61. The molecule has 0 saturated carbocycles. The zero-order chi connectivity index (χ0) is 24.4. The van der Waals surface area contributed by atoms with E-state index < -0.39 is 0 Å². The Balaban J connectivity index is 1.21. The maximum absolute atomic E-state index is 12.8. The summed E-state index contributed by atoms with van der Waals surface area (Å²) < 4.78 is 8.71. The first-order chi connectivity index (χ1) is 17.0. The highest BCUT2D eigenvalue weighted by atomic mass is 32.1. The molecule has 7 heteroatoms. The number of hydrogen-bond donors (Lipinski definition) is 1. The third kappa shape index (κ3) is 5.36. The van der Waals surface area contributed by atoms with E-state index in [0.29, 0.717) is 18.7 Å². The molecule has 1 saturated heterocycles. The Labute approximate surface area is 210 Å². The van der Waals surface area contributed by atoms with E-state index in [4.69, 9.17) is 9.72 Å². The summed E-state index contributed by atoms with van der Waals surface area (Å²) in [6.07, 6.45) is 4.37. The van der Waals surface area contributed by atoms with E-state index >= 15 is 0 Å². The van der Waals surface area contributed by atoms with Gasteiger partial charge < -0.3 is 15.0 Å². The van der Waals surface area contributed by atoms with Crippen LogP contribution in [-0.2, 0) is 0 Å². The summed E-state index contributed by atoms with van der Waals surface area (Å²) in [4.78, 5) is 21.0. The van der Waals surface area contributed by atoms with Gasteiger partial charge in [-0.1, -0.05) is 25.2 Å². The van der Waals surface area contributed by atoms with E-state index in [1.165, 1.54) is 19.5 Å². The van der Waals surface area contributed by atoms with Gasteiger partial charge in [-0.3, -0.25) is 9.20 Å². The normalized spacial score (nSPS) is 18.8. The number of aromatic nitrogens is 2. The topological polar surface area (TPSA) is 58.9 Å². The number of nitrogens with zero attached hydrogens (tertiary/aromatic N) is 3. The summed E-state index contributed by atoms with van der Waals surface area (Å²) in [7, 11) is 0. The highest BCUT2D eigenvalue weighted by molar-refractivity contribution is 7.23. The standard InChI is InChI=1S/C28H34N4O2S/c1-4-34-23-9-6-21(7-10-23)24-18-32-25-11-8-22(15-26(25)35-28(32)30-24)27(33)29-12-5-13-31-16-19(2)14-20(3)17-31/h6-11,15,18-20H,4-5,12-14,16-17H2,1-3H3,(H,29,33). The fourth-order valence-corrected chi connectivity index (χ4v) is 6.30. The lowest BCUT2D eigenvalue weighted by molar-refractivity contribution is 0.0947. The van der Waals surface area contributed by atoms with Crippen molar-refractivity contribution < 1.29 is 9.53 Å². The van der Waals surface area contributed by atoms with Gasteiger partial charge in [0, 0.05) is 37.0 Å². The number of carbonyl (C=O) groups excluding carboxylic acids is 1. The summed E-state index contributed by atoms with van der Waals surface area (Å²) in [5.74, 6) is 2.39. The van der Waals surface area contributed by atoms with Crippen molar-refractivity contribution in [1.82, 2.24) is 19.6 Å². The van der Waals surface area contributed by atoms with Gasteiger partial charge in [-0.2, -0.15) is 0 Å². The second-order valence-corrected chi connectivity index (χ2v) is 10.8. The first-order valence-electron chi connectivity index (χ1n) is 12.7. The minimum absolute atomic E-state index is 0.00611. The van der Waals surface area contributed by atoms with Crippen molar-refractivity contribution in [2.45, 2.75) is 33.6 Å². The predicted octanol–water partition coefficient (Wildman–Crippen LogP) is 5.71. The van der Waals surface area contributed by atoms with Crippen LogP contribution < -0.4 is 10.1 Å². The molecule has 6 nitrogen and oxygen atoms in total. The van der Waals surface area contributed by atoms with Crippen molar-refractivity contribution in [1.29, 1.82) is 0 Å². The average Bonchev–Trinajstić information content (AvgIpc) is 3.39. The van der Waals surface area contributed by atoms with Gasteiger partial charge in [-0.05, 0) is 80.6 Å². The minimum atomic E-state index is -0.00611. The molecule has 5 rings (SSSR count). The number of fused-ring (bicyclic) bond motifs is 3. The van der Waals surface area contributed by atoms with Crippen molar-refractivity contribution in [3.05, 3.63) is 54.2 Å². The number of benzene rings is 2. The minimum Gasteiger partial charge on any atom is -0.494 e. The summed E-state index contributed by atoms with van der Waals surface area (Å²) in [6.45, 7) is 11.4. The number of hydrogen-bond acceptors (Lipinski definition) is 5. The van der Waals surface area contributed by atoms with Crippen LogP contribution in [0.3, 0.4) is 0 Å². The molecule has 2 aromatic carbocycles. The number of nitrogens with one attached hydrogen (secondary N) is 1. The molecule has 0 bridgehead atoms. The predicted molar refractivity (Wildman–Crippen MR) is 144 cm³/mol. The van der Waals surface area contributed by atoms with Crippen LogP contribution in [0, 0.1) is 11.8 Å². The Morgan fingerprint density at radius 1 is 1.14 bits per heavy atom. The van der Waals surface area contributed by atoms with Crippen molar-refractivity contribution in [3.63, 3.8) is 0 Å². The maximum Gasteiger partial charge on any atom is 0.251 e. The van der Waals surface area contributed by atoms with Crippen LogP contribution in [0.2, 0.25) is 0 Å². The molecule has 0 spiro atoms. The van der Waals surface area contributed by atoms with E-state index in [-0.39, 0.29) is 5.91 Å². The Bertz CT molecular complexity index is 1300. The van der Waals surface area contributed by atoms with Gasteiger partial charge in [0.2, 0.25) is 0 Å². The van der Waals surface area contributed by atoms with Crippen LogP contribution >= 0.6 is 11.3 Å². The first-order valence-corrected chi connectivity index (χ1v) is 13.5. The van der Waals surface area contributed by atoms with Gasteiger partial charge >= 0.3 is 0 Å². The van der Waals surface area contributed by atoms with Crippen LogP contribution in [0.15, 0.2) is 48.7 Å². The van der Waals surface area contributed by atoms with E-state index in [0.717, 1.165) is 57.0 Å². The smallest absolute Gasteiger partial charge is 0.251 e. The molecule has 35 heavy (non-hydrogen) atoms. The number of carbonyl (C=O) groups is 1. The molecule has 4 aromatic rings. The van der Waals surface area contributed by atoms with E-state index in [1.54, 1.807) is 11.3 Å². The molecule has 1 N–H and O–H groups in total. The molecular weight excluding hydrogens is 456 g/mol. The zero-order valence-electron chi connectivity index (χ0n) is 20.8. The maximum atomic E-state index is 12.8. The van der Waals surface area contributed by atoms with Crippen molar-refractivity contribution in [2.75, 3.05) is 32.8 Å². The lowest BCUT2D eigenvalue weighted by Gasteiger charge is -2.34. The number of thiazole rings is 1. The van der Waals surface area contributed by atoms with Gasteiger partial charge in [-0.25, -0.2) is 4.98 Å². The second-order valence-electron chi connectivity index (χ2n) is 9.84. The van der Waals surface area contributed by atoms with Crippen LogP contribution in [-0.4, -0.2) is 53.0 Å². The zero-order valence-corrected chi connectivity index (χ0v) is 21.6. The van der Waals surface area contributed by atoms with Crippen molar-refractivity contribution >= 4 is 32.4 Å². The van der Waals surface area contributed by atoms with Crippen molar-refractivity contribution in [2.24, 2.45) is 11.8 Å². The Hall–Kier alpha value is -2.90. The largest absolute Gasteiger partial charge is 0.494 e. The van der Waals surface area contributed by atoms with E-state index in [9.17, 15) is 4.79 Å². The van der Waals surface area contributed by atoms with Gasteiger partial charge in [0.25, 0.3) is 5.91 Å². The number of piperidine rings is 1. The number of imidazole rings is 1. The number of likely N-dealkylation sites (tertiary alicyclic amines) is 1. The molecule has 2 atom stereocenters. The van der Waals surface area contributed by atoms with E-state index in [1.807, 2.05) is 49.4 Å². The molecule has 1 aliphatic heterocycles. The highest BCUT2D eigenvalue weighted by Crippen LogP contribution is 2.31.